The Balaban J connectivity index is 1.47. The van der Waals surface area contributed by atoms with Crippen LogP contribution in [0.15, 0.2) is 85.2 Å². The fourth-order valence-corrected chi connectivity index (χ4v) is 3.80. The summed E-state index contributed by atoms with van der Waals surface area (Å²) >= 11 is 0. The molecular formula is C27H25N5O2. The number of hydrogen-bond acceptors (Lipinski definition) is 6. The number of fused-ring (bicyclic) bond motifs is 1. The molecule has 34 heavy (non-hydrogen) atoms. The van der Waals surface area contributed by atoms with Crippen molar-refractivity contribution < 1.29 is 9.47 Å². The number of imidazole rings is 1. The maximum Gasteiger partial charge on any atom is 0.166 e. The Morgan fingerprint density at radius 1 is 0.794 bits per heavy atom. The largest absolute Gasteiger partial charge is 0.497 e. The number of anilines is 2. The average molecular weight is 452 g/mol. The standard InChI is InChI=1S/C27H25N5O2/c1-18(2)32-26(19-9-13-21(33-3)14-10-19)31-24-25(28-17-29-27(24)32)30-20-11-15-23(16-12-20)34-22-7-5-4-6-8-22/h4-18H,1-3H3,(H,28,29,30). The number of para-hydroxylation sites is 1. The molecule has 2 aromatic heterocycles. The summed E-state index contributed by atoms with van der Waals surface area (Å²) in [4.78, 5) is 14.0. The zero-order chi connectivity index (χ0) is 23.5. The summed E-state index contributed by atoms with van der Waals surface area (Å²) in [6.45, 7) is 4.24. The Hall–Kier alpha value is -4.39. The van der Waals surface area contributed by atoms with Crippen molar-refractivity contribution in [3.05, 3.63) is 85.2 Å². The van der Waals surface area contributed by atoms with E-state index in [2.05, 4.69) is 33.7 Å². The third-order valence-electron chi connectivity index (χ3n) is 5.44. The molecule has 3 aromatic carbocycles. The van der Waals surface area contributed by atoms with Crippen LogP contribution in [0.1, 0.15) is 19.9 Å². The summed E-state index contributed by atoms with van der Waals surface area (Å²) in [5, 5.41) is 3.38. The van der Waals surface area contributed by atoms with Crippen LogP contribution in [-0.2, 0) is 0 Å². The highest BCUT2D eigenvalue weighted by molar-refractivity contribution is 5.88. The van der Waals surface area contributed by atoms with Crippen molar-refractivity contribution in [1.29, 1.82) is 0 Å². The quantitative estimate of drug-likeness (QED) is 0.300. The molecular weight excluding hydrogens is 426 g/mol. The molecule has 0 radical (unpaired) electrons. The van der Waals surface area contributed by atoms with Gasteiger partial charge in [-0.05, 0) is 74.5 Å². The van der Waals surface area contributed by atoms with Gasteiger partial charge in [0.05, 0.1) is 7.11 Å². The number of methoxy groups -OCH3 is 1. The SMILES string of the molecule is COc1ccc(-c2nc3c(Nc4ccc(Oc5ccccc5)cc4)ncnc3n2C(C)C)cc1. The Labute approximate surface area is 198 Å². The van der Waals surface area contributed by atoms with E-state index in [1.54, 1.807) is 13.4 Å². The molecule has 0 fully saturated rings. The predicted molar refractivity (Wildman–Crippen MR) is 134 cm³/mol. The zero-order valence-corrected chi connectivity index (χ0v) is 19.3. The molecule has 1 N–H and O–H groups in total. The third kappa shape index (κ3) is 4.28. The van der Waals surface area contributed by atoms with Crippen LogP contribution >= 0.6 is 0 Å². The van der Waals surface area contributed by atoms with Gasteiger partial charge in [-0.25, -0.2) is 15.0 Å². The second-order valence-electron chi connectivity index (χ2n) is 8.09. The molecule has 2 heterocycles. The first kappa shape index (κ1) is 21.5. The first-order chi connectivity index (χ1) is 16.6. The molecule has 0 amide bonds. The minimum absolute atomic E-state index is 0.166. The topological polar surface area (TPSA) is 74.1 Å². The molecule has 0 aliphatic carbocycles. The maximum absolute atomic E-state index is 5.89. The van der Waals surface area contributed by atoms with E-state index in [1.165, 1.54) is 0 Å². The fraction of sp³-hybridized carbons (Fsp3) is 0.148. The number of aromatic nitrogens is 4. The summed E-state index contributed by atoms with van der Waals surface area (Å²) in [7, 11) is 1.66. The lowest BCUT2D eigenvalue weighted by molar-refractivity contribution is 0.415. The molecule has 5 rings (SSSR count). The summed E-state index contributed by atoms with van der Waals surface area (Å²) in [6, 6.07) is 25.5. The minimum Gasteiger partial charge on any atom is -0.497 e. The summed E-state index contributed by atoms with van der Waals surface area (Å²) in [5.41, 5.74) is 3.36. The molecule has 0 bridgehead atoms. The number of ether oxygens (including phenoxy) is 2. The van der Waals surface area contributed by atoms with Crippen LogP contribution in [0.5, 0.6) is 17.2 Å². The summed E-state index contributed by atoms with van der Waals surface area (Å²) < 4.78 is 13.3. The lowest BCUT2D eigenvalue weighted by Crippen LogP contribution is -2.04. The lowest BCUT2D eigenvalue weighted by Gasteiger charge is -2.12. The van der Waals surface area contributed by atoms with Gasteiger partial charge in [0.25, 0.3) is 0 Å². The van der Waals surface area contributed by atoms with Crippen molar-refractivity contribution in [1.82, 2.24) is 19.5 Å². The molecule has 0 atom stereocenters. The van der Waals surface area contributed by atoms with E-state index in [0.717, 1.165) is 40.0 Å². The van der Waals surface area contributed by atoms with E-state index in [0.29, 0.717) is 11.3 Å². The average Bonchev–Trinajstić information content (AvgIpc) is 3.27. The highest BCUT2D eigenvalue weighted by atomic mass is 16.5. The third-order valence-corrected chi connectivity index (χ3v) is 5.44. The zero-order valence-electron chi connectivity index (χ0n) is 19.3. The van der Waals surface area contributed by atoms with Crippen LogP contribution in [0.3, 0.4) is 0 Å². The Kier molecular flexibility index (Phi) is 5.82. The second-order valence-corrected chi connectivity index (χ2v) is 8.09. The summed E-state index contributed by atoms with van der Waals surface area (Å²) in [5.74, 6) is 3.85. The molecule has 0 aliphatic heterocycles. The van der Waals surface area contributed by atoms with E-state index in [4.69, 9.17) is 14.5 Å². The van der Waals surface area contributed by atoms with Gasteiger partial charge in [-0.2, -0.15) is 0 Å². The number of benzene rings is 3. The lowest BCUT2D eigenvalue weighted by atomic mass is 10.2. The smallest absolute Gasteiger partial charge is 0.166 e. The van der Waals surface area contributed by atoms with Gasteiger partial charge in [0.15, 0.2) is 17.0 Å². The highest BCUT2D eigenvalue weighted by Crippen LogP contribution is 2.32. The monoisotopic (exact) mass is 451 g/mol. The van der Waals surface area contributed by atoms with Crippen LogP contribution in [0.2, 0.25) is 0 Å². The number of hydrogen-bond donors (Lipinski definition) is 1. The number of nitrogens with one attached hydrogen (secondary N) is 1. The Bertz CT molecular complexity index is 1400. The molecule has 0 saturated carbocycles. The van der Waals surface area contributed by atoms with Gasteiger partial charge < -0.3 is 19.4 Å². The molecule has 170 valence electrons. The first-order valence-corrected chi connectivity index (χ1v) is 11.1. The van der Waals surface area contributed by atoms with Crippen LogP contribution < -0.4 is 14.8 Å². The van der Waals surface area contributed by atoms with Gasteiger partial charge in [0, 0.05) is 17.3 Å². The van der Waals surface area contributed by atoms with Crippen molar-refractivity contribution >= 4 is 22.7 Å². The summed E-state index contributed by atoms with van der Waals surface area (Å²) in [6.07, 6.45) is 1.57. The van der Waals surface area contributed by atoms with E-state index in [1.807, 2.05) is 78.9 Å². The Morgan fingerprint density at radius 2 is 1.47 bits per heavy atom. The van der Waals surface area contributed by atoms with Crippen molar-refractivity contribution in [2.24, 2.45) is 0 Å². The van der Waals surface area contributed by atoms with Gasteiger partial charge in [-0.3, -0.25) is 0 Å². The molecule has 0 unspecified atom stereocenters. The van der Waals surface area contributed by atoms with Gasteiger partial charge in [-0.1, -0.05) is 18.2 Å². The van der Waals surface area contributed by atoms with Crippen molar-refractivity contribution in [2.45, 2.75) is 19.9 Å². The van der Waals surface area contributed by atoms with Gasteiger partial charge >= 0.3 is 0 Å². The normalized spacial score (nSPS) is 11.1. The van der Waals surface area contributed by atoms with Gasteiger partial charge in [0.2, 0.25) is 0 Å². The Morgan fingerprint density at radius 3 is 2.15 bits per heavy atom. The van der Waals surface area contributed by atoms with Crippen molar-refractivity contribution in [3.63, 3.8) is 0 Å². The minimum atomic E-state index is 0.166. The van der Waals surface area contributed by atoms with Crippen LogP contribution in [0, 0.1) is 0 Å². The van der Waals surface area contributed by atoms with Crippen LogP contribution in [0.4, 0.5) is 11.5 Å². The van der Waals surface area contributed by atoms with E-state index < -0.39 is 0 Å². The van der Waals surface area contributed by atoms with E-state index in [9.17, 15) is 0 Å². The van der Waals surface area contributed by atoms with Crippen LogP contribution in [-0.4, -0.2) is 26.6 Å². The first-order valence-electron chi connectivity index (χ1n) is 11.1. The van der Waals surface area contributed by atoms with Crippen molar-refractivity contribution in [2.75, 3.05) is 12.4 Å². The molecule has 0 aliphatic rings. The molecule has 0 spiro atoms. The predicted octanol–water partition coefficient (Wildman–Crippen LogP) is 6.62. The van der Waals surface area contributed by atoms with Gasteiger partial charge in [-0.15, -0.1) is 0 Å². The molecule has 5 aromatic rings. The van der Waals surface area contributed by atoms with Gasteiger partial charge in [0.1, 0.15) is 29.4 Å². The fourth-order valence-electron chi connectivity index (χ4n) is 3.80. The number of rotatable bonds is 7. The van der Waals surface area contributed by atoms with Crippen molar-refractivity contribution in [3.8, 4) is 28.6 Å². The second kappa shape index (κ2) is 9.23. The van der Waals surface area contributed by atoms with Crippen LogP contribution in [0.25, 0.3) is 22.6 Å². The van der Waals surface area contributed by atoms with E-state index >= 15 is 0 Å². The molecule has 7 heteroatoms. The highest BCUT2D eigenvalue weighted by Gasteiger charge is 2.19. The molecule has 0 saturated heterocycles. The molecule has 7 nitrogen and oxygen atoms in total. The maximum atomic E-state index is 5.89. The van der Waals surface area contributed by atoms with E-state index in [-0.39, 0.29) is 6.04 Å². The number of nitrogens with zero attached hydrogens (tertiary/aromatic N) is 4.